The second-order valence-electron chi connectivity index (χ2n) is 6.67. The molecule has 0 atom stereocenters. The predicted octanol–water partition coefficient (Wildman–Crippen LogP) is 3.60. The number of methoxy groups -OCH3 is 1. The number of nitrogens with zero attached hydrogens (tertiary/aromatic N) is 1. The zero-order valence-corrected chi connectivity index (χ0v) is 15.6. The van der Waals surface area contributed by atoms with Gasteiger partial charge in [-0.25, -0.2) is 4.79 Å². The normalized spacial score (nSPS) is 15.2. The summed E-state index contributed by atoms with van der Waals surface area (Å²) in [4.78, 5) is 26.5. The number of hydrogen-bond donors (Lipinski definition) is 0. The van der Waals surface area contributed by atoms with Crippen molar-refractivity contribution in [3.8, 4) is 5.75 Å². The number of carbonyl (C=O) groups excluding carboxylic acids is 2. The van der Waals surface area contributed by atoms with Crippen molar-refractivity contribution in [1.29, 1.82) is 0 Å². The van der Waals surface area contributed by atoms with E-state index < -0.39 is 5.97 Å². The SMILES string of the molecule is COC(=O)c1oc2c(C(C)=O)c(OCCN3CCCCC3)ccc2c1C. The summed E-state index contributed by atoms with van der Waals surface area (Å²) in [7, 11) is 1.30. The van der Waals surface area contributed by atoms with Crippen LogP contribution >= 0.6 is 0 Å². The highest BCUT2D eigenvalue weighted by atomic mass is 16.5. The Hall–Kier alpha value is -2.34. The lowest BCUT2D eigenvalue weighted by molar-refractivity contribution is 0.0566. The van der Waals surface area contributed by atoms with Crippen molar-refractivity contribution in [2.75, 3.05) is 33.4 Å². The molecule has 1 aromatic heterocycles. The Morgan fingerprint density at radius 2 is 1.92 bits per heavy atom. The highest BCUT2D eigenvalue weighted by Gasteiger charge is 2.24. The third-order valence-corrected chi connectivity index (χ3v) is 4.90. The van der Waals surface area contributed by atoms with Crippen LogP contribution in [0.3, 0.4) is 0 Å². The second-order valence-corrected chi connectivity index (χ2v) is 6.67. The number of aryl methyl sites for hydroxylation is 1. The lowest BCUT2D eigenvalue weighted by Gasteiger charge is -2.26. The fourth-order valence-corrected chi connectivity index (χ4v) is 3.48. The van der Waals surface area contributed by atoms with Gasteiger partial charge in [-0.15, -0.1) is 0 Å². The van der Waals surface area contributed by atoms with Gasteiger partial charge in [0.15, 0.2) is 5.78 Å². The molecular formula is C20H25NO5. The van der Waals surface area contributed by atoms with Gasteiger partial charge in [0, 0.05) is 17.5 Å². The van der Waals surface area contributed by atoms with E-state index in [-0.39, 0.29) is 11.5 Å². The summed E-state index contributed by atoms with van der Waals surface area (Å²) >= 11 is 0. The highest BCUT2D eigenvalue weighted by Crippen LogP contribution is 2.34. The molecule has 0 radical (unpaired) electrons. The van der Waals surface area contributed by atoms with Gasteiger partial charge < -0.3 is 13.9 Å². The van der Waals surface area contributed by atoms with Crippen LogP contribution in [0.1, 0.15) is 52.7 Å². The Balaban J connectivity index is 1.86. The van der Waals surface area contributed by atoms with Crippen LogP contribution in [-0.4, -0.2) is 50.0 Å². The Kier molecular flexibility index (Phi) is 5.61. The standard InChI is InChI=1S/C20H25NO5/c1-13-15-7-8-16(25-12-11-21-9-5-4-6-10-21)17(14(2)22)19(15)26-18(13)20(23)24-3/h7-8H,4-6,9-12H2,1-3H3. The number of benzene rings is 1. The number of esters is 1. The molecule has 6 heteroatoms. The van der Waals surface area contributed by atoms with E-state index in [1.54, 1.807) is 13.0 Å². The van der Waals surface area contributed by atoms with E-state index in [0.29, 0.717) is 29.1 Å². The number of ether oxygens (including phenoxy) is 2. The van der Waals surface area contributed by atoms with E-state index in [4.69, 9.17) is 13.9 Å². The molecule has 0 N–H and O–H groups in total. The summed E-state index contributed by atoms with van der Waals surface area (Å²) in [5, 5.41) is 0.721. The Morgan fingerprint density at radius 1 is 1.19 bits per heavy atom. The molecule has 0 amide bonds. The van der Waals surface area contributed by atoms with Gasteiger partial charge in [0.2, 0.25) is 5.76 Å². The minimum Gasteiger partial charge on any atom is -0.491 e. The first-order valence-electron chi connectivity index (χ1n) is 9.03. The Bertz CT molecular complexity index is 817. The van der Waals surface area contributed by atoms with Gasteiger partial charge in [-0.3, -0.25) is 9.69 Å². The molecule has 0 bridgehead atoms. The van der Waals surface area contributed by atoms with Crippen molar-refractivity contribution in [2.24, 2.45) is 0 Å². The van der Waals surface area contributed by atoms with Crippen molar-refractivity contribution in [3.63, 3.8) is 0 Å². The average molecular weight is 359 g/mol. The minimum absolute atomic E-state index is 0.121. The van der Waals surface area contributed by atoms with Gasteiger partial charge in [0.05, 0.1) is 7.11 Å². The number of carbonyl (C=O) groups is 2. The maximum absolute atomic E-state index is 12.2. The van der Waals surface area contributed by atoms with Gasteiger partial charge in [-0.1, -0.05) is 6.42 Å². The molecule has 2 heterocycles. The summed E-state index contributed by atoms with van der Waals surface area (Å²) in [5.74, 6) is -0.0999. The van der Waals surface area contributed by atoms with Crippen LogP contribution in [0.15, 0.2) is 16.5 Å². The molecule has 1 aromatic carbocycles. The molecule has 1 aliphatic rings. The van der Waals surface area contributed by atoms with Gasteiger partial charge in [0.25, 0.3) is 0 Å². The summed E-state index contributed by atoms with van der Waals surface area (Å²) in [6, 6.07) is 3.60. The molecule has 0 unspecified atom stereocenters. The molecule has 1 fully saturated rings. The fourth-order valence-electron chi connectivity index (χ4n) is 3.48. The average Bonchev–Trinajstić information content (AvgIpc) is 2.98. The molecule has 1 aliphatic heterocycles. The van der Waals surface area contributed by atoms with E-state index >= 15 is 0 Å². The smallest absolute Gasteiger partial charge is 0.374 e. The topological polar surface area (TPSA) is 69.0 Å². The molecule has 26 heavy (non-hydrogen) atoms. The lowest BCUT2D eigenvalue weighted by Crippen LogP contribution is -2.33. The van der Waals surface area contributed by atoms with E-state index in [9.17, 15) is 9.59 Å². The Labute approximate surface area is 153 Å². The predicted molar refractivity (Wildman–Crippen MR) is 98.1 cm³/mol. The number of ketones is 1. The maximum atomic E-state index is 12.2. The largest absolute Gasteiger partial charge is 0.491 e. The van der Waals surface area contributed by atoms with Crippen LogP contribution in [0.2, 0.25) is 0 Å². The third-order valence-electron chi connectivity index (χ3n) is 4.90. The van der Waals surface area contributed by atoms with Crippen molar-refractivity contribution in [2.45, 2.75) is 33.1 Å². The second kappa shape index (κ2) is 7.91. The van der Waals surface area contributed by atoms with E-state index in [0.717, 1.165) is 25.0 Å². The summed E-state index contributed by atoms with van der Waals surface area (Å²) in [6.07, 6.45) is 3.75. The molecular weight excluding hydrogens is 334 g/mol. The van der Waals surface area contributed by atoms with Gasteiger partial charge in [-0.2, -0.15) is 0 Å². The first-order chi connectivity index (χ1) is 12.5. The fraction of sp³-hybridized carbons (Fsp3) is 0.500. The zero-order chi connectivity index (χ0) is 18.7. The molecule has 0 spiro atoms. The van der Waals surface area contributed by atoms with E-state index in [2.05, 4.69) is 4.90 Å². The van der Waals surface area contributed by atoms with Crippen LogP contribution < -0.4 is 4.74 Å². The van der Waals surface area contributed by atoms with Crippen molar-refractivity contribution < 1.29 is 23.5 Å². The number of likely N-dealkylation sites (tertiary alicyclic amines) is 1. The quantitative estimate of drug-likeness (QED) is 0.580. The zero-order valence-electron chi connectivity index (χ0n) is 15.6. The molecule has 0 saturated carbocycles. The number of fused-ring (bicyclic) bond motifs is 1. The first-order valence-corrected chi connectivity index (χ1v) is 9.03. The van der Waals surface area contributed by atoms with Crippen molar-refractivity contribution in [1.82, 2.24) is 4.90 Å². The minimum atomic E-state index is -0.555. The van der Waals surface area contributed by atoms with Crippen molar-refractivity contribution in [3.05, 3.63) is 29.0 Å². The number of rotatable bonds is 6. The van der Waals surface area contributed by atoms with Crippen LogP contribution in [0.4, 0.5) is 0 Å². The molecule has 0 aliphatic carbocycles. The van der Waals surface area contributed by atoms with Crippen LogP contribution in [0.25, 0.3) is 11.0 Å². The maximum Gasteiger partial charge on any atom is 0.374 e. The van der Waals surface area contributed by atoms with Crippen LogP contribution in [0.5, 0.6) is 5.75 Å². The third kappa shape index (κ3) is 3.60. The molecule has 1 saturated heterocycles. The summed E-state index contributed by atoms with van der Waals surface area (Å²) in [6.45, 7) is 6.79. The summed E-state index contributed by atoms with van der Waals surface area (Å²) in [5.41, 5.74) is 1.42. The number of Topliss-reactive ketones (excluding diaryl/α,β-unsaturated/α-hetero) is 1. The molecule has 6 nitrogen and oxygen atoms in total. The van der Waals surface area contributed by atoms with E-state index in [1.165, 1.54) is 33.3 Å². The first kappa shape index (κ1) is 18.5. The molecule has 2 aromatic rings. The van der Waals surface area contributed by atoms with E-state index in [1.807, 2.05) is 6.07 Å². The van der Waals surface area contributed by atoms with Crippen LogP contribution in [-0.2, 0) is 4.74 Å². The molecule has 3 rings (SSSR count). The number of hydrogen-bond acceptors (Lipinski definition) is 6. The van der Waals surface area contributed by atoms with Gasteiger partial charge in [0.1, 0.15) is 23.5 Å². The molecule has 140 valence electrons. The summed E-state index contributed by atoms with van der Waals surface area (Å²) < 4.78 is 16.4. The van der Waals surface area contributed by atoms with Crippen molar-refractivity contribution >= 4 is 22.7 Å². The van der Waals surface area contributed by atoms with Crippen LogP contribution in [0, 0.1) is 6.92 Å². The highest BCUT2D eigenvalue weighted by molar-refractivity contribution is 6.09. The van der Waals surface area contributed by atoms with Gasteiger partial charge >= 0.3 is 5.97 Å². The lowest BCUT2D eigenvalue weighted by atomic mass is 10.0. The Morgan fingerprint density at radius 3 is 2.58 bits per heavy atom. The number of furan rings is 1. The number of piperidine rings is 1. The van der Waals surface area contributed by atoms with Gasteiger partial charge in [-0.05, 0) is 51.9 Å². The monoisotopic (exact) mass is 359 g/mol.